The van der Waals surface area contributed by atoms with Crippen LogP contribution in [0.25, 0.3) is 0 Å². The van der Waals surface area contributed by atoms with E-state index in [0.717, 1.165) is 0 Å². The molecule has 1 aliphatic heterocycles. The Morgan fingerprint density at radius 1 is 0.920 bits per heavy atom. The highest BCUT2D eigenvalue weighted by atomic mass is 127. The predicted octanol–water partition coefficient (Wildman–Crippen LogP) is 3.22. The molecule has 134 valence electrons. The molecule has 0 unspecified atom stereocenters. The third kappa shape index (κ3) is 4.81. The number of hydrogen-bond donors (Lipinski definition) is 1. The normalized spacial score (nSPS) is 15.0. The molecule has 0 aliphatic carbocycles. The molecular weight excluding hydrogens is 437 g/mol. The van der Waals surface area contributed by atoms with Crippen molar-refractivity contribution in [3.05, 3.63) is 65.7 Å². The second kappa shape index (κ2) is 8.98. The van der Waals surface area contributed by atoms with Crippen LogP contribution in [-0.2, 0) is 6.54 Å². The van der Waals surface area contributed by atoms with Crippen LogP contribution in [0, 0.1) is 11.6 Å². The number of nitrogens with two attached hydrogens (primary N) is 1. The molecule has 0 atom stereocenters. The van der Waals surface area contributed by atoms with Gasteiger partial charge in [-0.05, 0) is 18.2 Å². The van der Waals surface area contributed by atoms with Gasteiger partial charge in [-0.1, -0.05) is 30.3 Å². The Balaban J connectivity index is 0.00000225. The topological polar surface area (TPSA) is 44.9 Å². The monoisotopic (exact) mass is 458 g/mol. The summed E-state index contributed by atoms with van der Waals surface area (Å²) in [4.78, 5) is 8.22. The maximum Gasteiger partial charge on any atom is 0.191 e. The molecule has 2 aromatic carbocycles. The van der Waals surface area contributed by atoms with Crippen molar-refractivity contribution in [1.29, 1.82) is 0 Å². The summed E-state index contributed by atoms with van der Waals surface area (Å²) in [5, 5.41) is 0. The maximum absolute atomic E-state index is 13.8. The number of benzene rings is 2. The molecule has 2 N–H and O–H groups in total. The Morgan fingerprint density at radius 3 is 2.16 bits per heavy atom. The Bertz CT molecular complexity index is 731. The second-order valence-electron chi connectivity index (χ2n) is 5.69. The standard InChI is InChI=1S/C18H20F2N4.HI/c19-15-6-2-1-5-14(15)13-22-18(21)24-11-9-23(10-12-24)17-8-4-3-7-16(17)20;/h1-8H,9-13H2,(H2,21,22);1H. The Labute approximate surface area is 163 Å². The summed E-state index contributed by atoms with van der Waals surface area (Å²) in [7, 11) is 0. The van der Waals surface area contributed by atoms with Crippen LogP contribution in [0.2, 0.25) is 0 Å². The van der Waals surface area contributed by atoms with Crippen molar-refractivity contribution in [2.24, 2.45) is 10.7 Å². The van der Waals surface area contributed by atoms with Gasteiger partial charge in [0.2, 0.25) is 0 Å². The summed E-state index contributed by atoms with van der Waals surface area (Å²) in [6.07, 6.45) is 0. The molecule has 0 amide bonds. The van der Waals surface area contributed by atoms with Crippen LogP contribution in [0.15, 0.2) is 53.5 Å². The average Bonchev–Trinajstić information content (AvgIpc) is 2.61. The van der Waals surface area contributed by atoms with E-state index in [4.69, 9.17) is 5.73 Å². The second-order valence-corrected chi connectivity index (χ2v) is 5.69. The Morgan fingerprint density at radius 2 is 1.52 bits per heavy atom. The lowest BCUT2D eigenvalue weighted by molar-refractivity contribution is 0.378. The van der Waals surface area contributed by atoms with E-state index in [-0.39, 0.29) is 42.2 Å². The van der Waals surface area contributed by atoms with E-state index in [2.05, 4.69) is 4.99 Å². The van der Waals surface area contributed by atoms with Gasteiger partial charge in [0.1, 0.15) is 11.6 Å². The highest BCUT2D eigenvalue weighted by molar-refractivity contribution is 14.0. The van der Waals surface area contributed by atoms with Gasteiger partial charge in [-0.2, -0.15) is 0 Å². The number of rotatable bonds is 3. The molecule has 2 aromatic rings. The molecule has 4 nitrogen and oxygen atoms in total. The number of piperazine rings is 1. The van der Waals surface area contributed by atoms with Gasteiger partial charge in [-0.25, -0.2) is 13.8 Å². The van der Waals surface area contributed by atoms with Crippen molar-refractivity contribution < 1.29 is 8.78 Å². The van der Waals surface area contributed by atoms with Gasteiger partial charge in [0.05, 0.1) is 12.2 Å². The van der Waals surface area contributed by atoms with Gasteiger partial charge in [-0.15, -0.1) is 24.0 Å². The molecule has 25 heavy (non-hydrogen) atoms. The number of anilines is 1. The zero-order valence-corrected chi connectivity index (χ0v) is 16.1. The zero-order chi connectivity index (χ0) is 16.9. The van der Waals surface area contributed by atoms with Gasteiger partial charge in [0.25, 0.3) is 0 Å². The summed E-state index contributed by atoms with van der Waals surface area (Å²) in [6, 6.07) is 13.3. The van der Waals surface area contributed by atoms with E-state index >= 15 is 0 Å². The maximum atomic E-state index is 13.8. The molecule has 1 aliphatic rings. The summed E-state index contributed by atoms with van der Waals surface area (Å²) >= 11 is 0. The lowest BCUT2D eigenvalue weighted by atomic mass is 10.2. The SMILES string of the molecule is I.NC(=NCc1ccccc1F)N1CCN(c2ccccc2F)CC1. The van der Waals surface area contributed by atoms with E-state index in [1.807, 2.05) is 15.9 Å². The number of aliphatic imine (C=N–C) groups is 1. The van der Waals surface area contributed by atoms with E-state index < -0.39 is 0 Å². The minimum atomic E-state index is -0.279. The summed E-state index contributed by atoms with van der Waals surface area (Å²) in [6.45, 7) is 2.85. The molecule has 0 radical (unpaired) electrons. The van der Waals surface area contributed by atoms with Gasteiger partial charge >= 0.3 is 0 Å². The quantitative estimate of drug-likeness (QED) is 0.437. The van der Waals surface area contributed by atoms with Crippen molar-refractivity contribution in [3.8, 4) is 0 Å². The fraction of sp³-hybridized carbons (Fsp3) is 0.278. The average molecular weight is 458 g/mol. The van der Waals surface area contributed by atoms with Crippen molar-refractivity contribution in [2.75, 3.05) is 31.1 Å². The molecule has 7 heteroatoms. The molecular formula is C18H21F2IN4. The largest absolute Gasteiger partial charge is 0.370 e. The number of hydrogen-bond acceptors (Lipinski definition) is 2. The first-order chi connectivity index (χ1) is 11.6. The third-order valence-corrected chi connectivity index (χ3v) is 4.17. The smallest absolute Gasteiger partial charge is 0.191 e. The van der Waals surface area contributed by atoms with Crippen LogP contribution in [0.4, 0.5) is 14.5 Å². The number of nitrogens with zero attached hydrogens (tertiary/aromatic N) is 3. The molecule has 1 saturated heterocycles. The van der Waals surface area contributed by atoms with Crippen molar-refractivity contribution in [3.63, 3.8) is 0 Å². The third-order valence-electron chi connectivity index (χ3n) is 4.17. The molecule has 0 aromatic heterocycles. The molecule has 1 fully saturated rings. The van der Waals surface area contributed by atoms with Gasteiger partial charge < -0.3 is 15.5 Å². The predicted molar refractivity (Wildman–Crippen MR) is 107 cm³/mol. The van der Waals surface area contributed by atoms with Crippen LogP contribution in [-0.4, -0.2) is 37.0 Å². The van der Waals surface area contributed by atoms with E-state index in [1.54, 1.807) is 30.3 Å². The molecule has 1 heterocycles. The fourth-order valence-electron chi connectivity index (χ4n) is 2.78. The Hall–Kier alpha value is -1.90. The number of guanidine groups is 1. The van der Waals surface area contributed by atoms with Crippen molar-refractivity contribution in [1.82, 2.24) is 4.90 Å². The van der Waals surface area contributed by atoms with Crippen molar-refractivity contribution in [2.45, 2.75) is 6.54 Å². The molecule has 0 bridgehead atoms. The zero-order valence-electron chi connectivity index (χ0n) is 13.7. The number of para-hydroxylation sites is 1. The summed E-state index contributed by atoms with van der Waals surface area (Å²) < 4.78 is 27.4. The lowest BCUT2D eigenvalue weighted by Gasteiger charge is -2.36. The highest BCUT2D eigenvalue weighted by Crippen LogP contribution is 2.20. The first-order valence-corrected chi connectivity index (χ1v) is 7.93. The molecule has 0 saturated carbocycles. The van der Waals surface area contributed by atoms with E-state index in [1.165, 1.54) is 12.1 Å². The van der Waals surface area contributed by atoms with Crippen LogP contribution in [0.5, 0.6) is 0 Å². The van der Waals surface area contributed by atoms with Crippen LogP contribution < -0.4 is 10.6 Å². The van der Waals surface area contributed by atoms with Crippen LogP contribution in [0.3, 0.4) is 0 Å². The van der Waals surface area contributed by atoms with Crippen LogP contribution >= 0.6 is 24.0 Å². The lowest BCUT2D eigenvalue weighted by Crippen LogP contribution is -2.51. The summed E-state index contributed by atoms with van der Waals surface area (Å²) in [5.41, 5.74) is 7.15. The van der Waals surface area contributed by atoms with E-state index in [0.29, 0.717) is 43.4 Å². The van der Waals surface area contributed by atoms with E-state index in [9.17, 15) is 8.78 Å². The highest BCUT2D eigenvalue weighted by Gasteiger charge is 2.20. The van der Waals surface area contributed by atoms with Gasteiger partial charge in [0.15, 0.2) is 5.96 Å². The molecule has 0 spiro atoms. The fourth-order valence-corrected chi connectivity index (χ4v) is 2.78. The first kappa shape index (κ1) is 19.4. The minimum Gasteiger partial charge on any atom is -0.370 e. The van der Waals surface area contributed by atoms with Gasteiger partial charge in [0, 0.05) is 31.7 Å². The summed E-state index contributed by atoms with van der Waals surface area (Å²) in [5.74, 6) is -0.1000. The number of halogens is 3. The van der Waals surface area contributed by atoms with Crippen LogP contribution in [0.1, 0.15) is 5.56 Å². The van der Waals surface area contributed by atoms with Crippen molar-refractivity contribution >= 4 is 35.6 Å². The first-order valence-electron chi connectivity index (χ1n) is 7.93. The Kier molecular flexibility index (Phi) is 6.98. The molecule has 3 rings (SSSR count). The minimum absolute atomic E-state index is 0. The van der Waals surface area contributed by atoms with Gasteiger partial charge in [-0.3, -0.25) is 0 Å².